The van der Waals surface area contributed by atoms with Crippen LogP contribution in [0.5, 0.6) is 0 Å². The van der Waals surface area contributed by atoms with E-state index in [1.54, 1.807) is 10.7 Å². The summed E-state index contributed by atoms with van der Waals surface area (Å²) in [6.45, 7) is 4.58. The molecule has 1 heterocycles. The Balaban J connectivity index is 1.20. The highest BCUT2D eigenvalue weighted by atomic mass is 19.1. The van der Waals surface area contributed by atoms with Crippen LogP contribution in [0.15, 0.2) is 18.2 Å². The van der Waals surface area contributed by atoms with Gasteiger partial charge in [0, 0.05) is 12.0 Å². The smallest absolute Gasteiger partial charge is 0.157 e. The summed E-state index contributed by atoms with van der Waals surface area (Å²) in [6.07, 6.45) is 10.0. The van der Waals surface area contributed by atoms with Crippen LogP contribution in [0.25, 0.3) is 11.0 Å². The standard InChI is InChI=1S/C27H36FN3O2/c1-26(33)11-9-18-16(14-26)3-5-20-19(18)10-12-27(2)21(20)6-7-22(27)25(32)15-31-24-13-17(28)4-8-23(24)29-30-31/h4,8,13,16,18-22,33H,3,5-7,9-12,14-15H2,1-2H3/t16-,18+,19-,20-,21+,22-,26-,27+/m1/s1. The first-order valence-electron chi connectivity index (χ1n) is 13.0. The second-order valence-electron chi connectivity index (χ2n) is 12.2. The van der Waals surface area contributed by atoms with Crippen LogP contribution in [0.1, 0.15) is 71.6 Å². The molecule has 4 aliphatic carbocycles. The van der Waals surface area contributed by atoms with Crippen molar-refractivity contribution >= 4 is 16.8 Å². The highest BCUT2D eigenvalue weighted by Crippen LogP contribution is 2.64. The zero-order valence-electron chi connectivity index (χ0n) is 19.8. The molecule has 0 bridgehead atoms. The van der Waals surface area contributed by atoms with Crippen molar-refractivity contribution in [3.05, 3.63) is 24.0 Å². The van der Waals surface area contributed by atoms with Gasteiger partial charge in [-0.05, 0) is 112 Å². The Morgan fingerprint density at radius 1 is 1.09 bits per heavy atom. The van der Waals surface area contributed by atoms with E-state index in [9.17, 15) is 14.3 Å². The lowest BCUT2D eigenvalue weighted by Crippen LogP contribution is -2.51. The molecule has 0 spiro atoms. The fourth-order valence-electron chi connectivity index (χ4n) is 8.92. The molecule has 4 aliphatic rings. The van der Waals surface area contributed by atoms with Gasteiger partial charge in [-0.3, -0.25) is 4.79 Å². The minimum absolute atomic E-state index is 0.0565. The molecule has 33 heavy (non-hydrogen) atoms. The van der Waals surface area contributed by atoms with E-state index < -0.39 is 5.60 Å². The van der Waals surface area contributed by atoms with Crippen molar-refractivity contribution in [2.24, 2.45) is 40.9 Å². The molecule has 6 rings (SSSR count). The summed E-state index contributed by atoms with van der Waals surface area (Å²) in [5.41, 5.74) is 0.810. The number of aliphatic hydroxyl groups is 1. The van der Waals surface area contributed by atoms with E-state index in [4.69, 9.17) is 0 Å². The maximum Gasteiger partial charge on any atom is 0.157 e. The van der Waals surface area contributed by atoms with E-state index in [0.717, 1.165) is 49.9 Å². The normalized spacial score (nSPS) is 42.5. The van der Waals surface area contributed by atoms with Gasteiger partial charge in [-0.15, -0.1) is 5.10 Å². The Labute approximate surface area is 195 Å². The Morgan fingerprint density at radius 2 is 1.91 bits per heavy atom. The first kappa shape index (κ1) is 21.7. The number of carbonyl (C=O) groups is 1. The first-order valence-corrected chi connectivity index (χ1v) is 13.0. The topological polar surface area (TPSA) is 68.0 Å². The molecule has 178 valence electrons. The van der Waals surface area contributed by atoms with E-state index in [1.165, 1.54) is 37.8 Å². The van der Waals surface area contributed by atoms with Gasteiger partial charge in [0.2, 0.25) is 0 Å². The number of hydrogen-bond donors (Lipinski definition) is 1. The van der Waals surface area contributed by atoms with Crippen LogP contribution in [0.2, 0.25) is 0 Å². The molecule has 0 amide bonds. The third-order valence-corrected chi connectivity index (χ3v) is 10.4. The number of ketones is 1. The summed E-state index contributed by atoms with van der Waals surface area (Å²) >= 11 is 0. The van der Waals surface area contributed by atoms with Crippen LogP contribution in [-0.4, -0.2) is 31.5 Å². The Hall–Kier alpha value is -1.82. The van der Waals surface area contributed by atoms with Gasteiger partial charge in [0.05, 0.1) is 11.1 Å². The van der Waals surface area contributed by atoms with Crippen molar-refractivity contribution in [3.63, 3.8) is 0 Å². The lowest BCUT2D eigenvalue weighted by molar-refractivity contribution is -0.133. The summed E-state index contributed by atoms with van der Waals surface area (Å²) < 4.78 is 15.4. The predicted octanol–water partition coefficient (Wildman–Crippen LogP) is 5.16. The number of benzene rings is 1. The van der Waals surface area contributed by atoms with Gasteiger partial charge in [0.25, 0.3) is 0 Å². The molecule has 4 fully saturated rings. The minimum Gasteiger partial charge on any atom is -0.390 e. The molecule has 2 aromatic rings. The van der Waals surface area contributed by atoms with Crippen molar-refractivity contribution in [1.82, 2.24) is 15.0 Å². The molecule has 0 unspecified atom stereocenters. The van der Waals surface area contributed by atoms with Gasteiger partial charge in [-0.25, -0.2) is 9.07 Å². The highest BCUT2D eigenvalue weighted by molar-refractivity contribution is 5.84. The SMILES string of the molecule is C[C@@]1(O)CC[C@H]2[C@H](CC[C@@H]3[C@@H]2CC[C@]2(C)[C@@H](C(=O)Cn4nnc5ccc(F)cc54)CC[C@@H]32)C1. The summed E-state index contributed by atoms with van der Waals surface area (Å²) in [6, 6.07) is 4.42. The summed E-state index contributed by atoms with van der Waals surface area (Å²) in [5, 5.41) is 18.9. The number of aromatic nitrogens is 3. The molecule has 0 radical (unpaired) electrons. The number of Topliss-reactive ketones (excluding diaryl/α,β-unsaturated/α-hetero) is 1. The fourth-order valence-corrected chi connectivity index (χ4v) is 8.92. The number of rotatable bonds is 3. The molecule has 1 aromatic heterocycles. The quantitative estimate of drug-likeness (QED) is 0.697. The maximum absolute atomic E-state index is 13.8. The molecular formula is C27H36FN3O2. The van der Waals surface area contributed by atoms with Gasteiger partial charge in [-0.2, -0.15) is 0 Å². The van der Waals surface area contributed by atoms with Crippen molar-refractivity contribution < 1.29 is 14.3 Å². The average Bonchev–Trinajstić information content (AvgIpc) is 3.33. The number of carbonyl (C=O) groups excluding carboxylic acids is 1. The van der Waals surface area contributed by atoms with E-state index in [0.29, 0.717) is 22.9 Å². The van der Waals surface area contributed by atoms with Gasteiger partial charge >= 0.3 is 0 Å². The van der Waals surface area contributed by atoms with Gasteiger partial charge < -0.3 is 5.11 Å². The Morgan fingerprint density at radius 3 is 2.76 bits per heavy atom. The molecule has 1 N–H and O–H groups in total. The summed E-state index contributed by atoms with van der Waals surface area (Å²) in [7, 11) is 0. The molecule has 0 saturated heterocycles. The van der Waals surface area contributed by atoms with E-state index in [-0.39, 0.29) is 29.5 Å². The molecule has 4 saturated carbocycles. The summed E-state index contributed by atoms with van der Waals surface area (Å²) in [5.74, 6) is 3.53. The molecule has 8 atom stereocenters. The van der Waals surface area contributed by atoms with E-state index >= 15 is 0 Å². The molecule has 5 nitrogen and oxygen atoms in total. The van der Waals surface area contributed by atoms with Crippen LogP contribution < -0.4 is 0 Å². The van der Waals surface area contributed by atoms with Crippen molar-refractivity contribution in [1.29, 1.82) is 0 Å². The largest absolute Gasteiger partial charge is 0.390 e. The monoisotopic (exact) mass is 453 g/mol. The van der Waals surface area contributed by atoms with Crippen LogP contribution in [0, 0.1) is 46.7 Å². The van der Waals surface area contributed by atoms with Crippen LogP contribution in [0.4, 0.5) is 4.39 Å². The van der Waals surface area contributed by atoms with Crippen molar-refractivity contribution in [2.45, 2.75) is 83.8 Å². The van der Waals surface area contributed by atoms with Gasteiger partial charge in [0.1, 0.15) is 17.9 Å². The second kappa shape index (κ2) is 7.59. The zero-order valence-corrected chi connectivity index (χ0v) is 19.8. The minimum atomic E-state index is -0.476. The molecule has 1 aromatic carbocycles. The fraction of sp³-hybridized carbons (Fsp3) is 0.741. The number of halogens is 1. The lowest BCUT2D eigenvalue weighted by atomic mass is 9.49. The van der Waals surface area contributed by atoms with Gasteiger partial charge in [0.15, 0.2) is 5.78 Å². The van der Waals surface area contributed by atoms with Crippen LogP contribution in [0.3, 0.4) is 0 Å². The first-order chi connectivity index (χ1) is 15.7. The van der Waals surface area contributed by atoms with Crippen LogP contribution >= 0.6 is 0 Å². The van der Waals surface area contributed by atoms with E-state index in [2.05, 4.69) is 17.2 Å². The number of nitrogens with zero attached hydrogens (tertiary/aromatic N) is 3. The zero-order chi connectivity index (χ0) is 23.0. The predicted molar refractivity (Wildman–Crippen MR) is 124 cm³/mol. The molecule has 0 aliphatic heterocycles. The maximum atomic E-state index is 13.8. The summed E-state index contributed by atoms with van der Waals surface area (Å²) in [4.78, 5) is 13.6. The van der Waals surface area contributed by atoms with Gasteiger partial charge in [-0.1, -0.05) is 12.1 Å². The van der Waals surface area contributed by atoms with Crippen molar-refractivity contribution in [2.75, 3.05) is 0 Å². The Kier molecular flexibility index (Phi) is 4.99. The number of fused-ring (bicyclic) bond motifs is 6. The third kappa shape index (κ3) is 3.46. The Bertz CT molecular complexity index is 1080. The second-order valence-corrected chi connectivity index (χ2v) is 12.2. The van der Waals surface area contributed by atoms with Crippen LogP contribution in [-0.2, 0) is 11.3 Å². The highest BCUT2D eigenvalue weighted by Gasteiger charge is 2.58. The molecular weight excluding hydrogens is 417 g/mol. The average molecular weight is 454 g/mol. The number of hydrogen-bond acceptors (Lipinski definition) is 4. The molecule has 6 heteroatoms. The van der Waals surface area contributed by atoms with Crippen molar-refractivity contribution in [3.8, 4) is 0 Å². The van der Waals surface area contributed by atoms with E-state index in [1.807, 2.05) is 6.92 Å². The third-order valence-electron chi connectivity index (χ3n) is 10.4. The lowest BCUT2D eigenvalue weighted by Gasteiger charge is -2.56.